The summed E-state index contributed by atoms with van der Waals surface area (Å²) < 4.78 is 25.7. The molecule has 1 unspecified atom stereocenters. The number of rotatable bonds is 3. The predicted molar refractivity (Wildman–Crippen MR) is 65.3 cm³/mol. The molecule has 1 aromatic rings. The third-order valence-corrected chi connectivity index (χ3v) is 4.96. The van der Waals surface area contributed by atoms with Crippen LogP contribution < -0.4 is 5.73 Å². The average Bonchev–Trinajstić information content (AvgIpc) is 2.79. The van der Waals surface area contributed by atoms with Crippen LogP contribution in [0, 0.1) is 5.92 Å². The first kappa shape index (κ1) is 13.3. The van der Waals surface area contributed by atoms with Gasteiger partial charge in [-0.2, -0.15) is 4.31 Å². The second-order valence-electron chi connectivity index (χ2n) is 4.07. The Labute approximate surface area is 110 Å². The number of carbonyl (C=O) groups excluding carboxylic acids is 1. The molecule has 0 aromatic carbocycles. The van der Waals surface area contributed by atoms with Gasteiger partial charge in [0.1, 0.15) is 5.15 Å². The molecule has 1 amide bonds. The van der Waals surface area contributed by atoms with Gasteiger partial charge in [-0.25, -0.2) is 13.4 Å². The highest BCUT2D eigenvalue weighted by atomic mass is 35.5. The molecule has 0 spiro atoms. The normalized spacial score (nSPS) is 21.1. The van der Waals surface area contributed by atoms with Crippen molar-refractivity contribution in [2.24, 2.45) is 11.7 Å². The second kappa shape index (κ2) is 4.83. The first-order valence-corrected chi connectivity index (χ1v) is 7.14. The fourth-order valence-electron chi connectivity index (χ4n) is 1.87. The molecule has 8 heteroatoms. The minimum Gasteiger partial charge on any atom is -0.369 e. The van der Waals surface area contributed by atoms with E-state index >= 15 is 0 Å². The molecule has 1 saturated heterocycles. The lowest BCUT2D eigenvalue weighted by Crippen LogP contribution is -2.31. The van der Waals surface area contributed by atoms with Crippen molar-refractivity contribution in [3.63, 3.8) is 0 Å². The number of sulfonamides is 1. The van der Waals surface area contributed by atoms with E-state index in [4.69, 9.17) is 17.3 Å². The molecule has 1 fully saturated rings. The third-order valence-electron chi connectivity index (χ3n) is 2.89. The monoisotopic (exact) mass is 289 g/mol. The lowest BCUT2D eigenvalue weighted by atomic mass is 10.1. The van der Waals surface area contributed by atoms with Gasteiger partial charge in [-0.05, 0) is 18.6 Å². The smallest absolute Gasteiger partial charge is 0.243 e. The molecular formula is C10H12ClN3O3S. The summed E-state index contributed by atoms with van der Waals surface area (Å²) in [5, 5.41) is 0.113. The predicted octanol–water partition coefficient (Wildman–Crippen LogP) is 0.231. The van der Waals surface area contributed by atoms with E-state index in [1.165, 1.54) is 22.6 Å². The fourth-order valence-corrected chi connectivity index (χ4v) is 3.63. The van der Waals surface area contributed by atoms with Crippen LogP contribution in [0.5, 0.6) is 0 Å². The summed E-state index contributed by atoms with van der Waals surface area (Å²) in [6, 6.07) is 2.66. The molecule has 2 N–H and O–H groups in total. The number of primary amides is 1. The average molecular weight is 290 g/mol. The molecular weight excluding hydrogens is 278 g/mol. The molecule has 0 bridgehead atoms. The molecule has 1 atom stereocenters. The Hall–Kier alpha value is -1.18. The summed E-state index contributed by atoms with van der Waals surface area (Å²) in [6.07, 6.45) is 1.78. The zero-order valence-corrected chi connectivity index (χ0v) is 11.0. The minimum absolute atomic E-state index is 0.0765. The quantitative estimate of drug-likeness (QED) is 0.806. The first-order chi connectivity index (χ1) is 8.41. The van der Waals surface area contributed by atoms with Gasteiger partial charge in [0.25, 0.3) is 0 Å². The Balaban J connectivity index is 2.25. The number of amides is 1. The van der Waals surface area contributed by atoms with E-state index in [2.05, 4.69) is 4.98 Å². The largest absolute Gasteiger partial charge is 0.369 e. The second-order valence-corrected chi connectivity index (χ2v) is 6.39. The maximum atomic E-state index is 12.2. The highest BCUT2D eigenvalue weighted by molar-refractivity contribution is 7.89. The number of nitrogens with zero attached hydrogens (tertiary/aromatic N) is 2. The van der Waals surface area contributed by atoms with Gasteiger partial charge in [-0.1, -0.05) is 11.6 Å². The van der Waals surface area contributed by atoms with Crippen molar-refractivity contribution in [3.05, 3.63) is 23.5 Å². The minimum atomic E-state index is -3.63. The third kappa shape index (κ3) is 2.47. The highest BCUT2D eigenvalue weighted by Crippen LogP contribution is 2.24. The lowest BCUT2D eigenvalue weighted by molar-refractivity contribution is -0.121. The van der Waals surface area contributed by atoms with Crippen molar-refractivity contribution >= 4 is 27.5 Å². The molecule has 6 nitrogen and oxygen atoms in total. The maximum Gasteiger partial charge on any atom is 0.243 e. The maximum absolute atomic E-state index is 12.2. The van der Waals surface area contributed by atoms with Gasteiger partial charge in [0.2, 0.25) is 15.9 Å². The van der Waals surface area contributed by atoms with Gasteiger partial charge in [0.05, 0.1) is 10.8 Å². The van der Waals surface area contributed by atoms with Gasteiger partial charge in [-0.15, -0.1) is 0 Å². The van der Waals surface area contributed by atoms with Gasteiger partial charge in [0.15, 0.2) is 0 Å². The zero-order chi connectivity index (χ0) is 13.3. The van der Waals surface area contributed by atoms with Crippen LogP contribution in [0.25, 0.3) is 0 Å². The van der Waals surface area contributed by atoms with E-state index in [1.807, 2.05) is 0 Å². The number of carbonyl (C=O) groups is 1. The van der Waals surface area contributed by atoms with E-state index in [-0.39, 0.29) is 23.1 Å². The summed E-state index contributed by atoms with van der Waals surface area (Å²) in [7, 11) is -3.63. The number of aromatic nitrogens is 1. The summed E-state index contributed by atoms with van der Waals surface area (Å²) in [5.74, 6) is -0.891. The topological polar surface area (TPSA) is 93.4 Å². The summed E-state index contributed by atoms with van der Waals surface area (Å²) in [6.45, 7) is 0.410. The molecule has 2 heterocycles. The van der Waals surface area contributed by atoms with Crippen LogP contribution in [0.4, 0.5) is 0 Å². The molecule has 0 saturated carbocycles. The van der Waals surface area contributed by atoms with Crippen molar-refractivity contribution in [1.82, 2.24) is 9.29 Å². The summed E-state index contributed by atoms with van der Waals surface area (Å²) in [5.41, 5.74) is 5.17. The van der Waals surface area contributed by atoms with Gasteiger partial charge in [-0.3, -0.25) is 4.79 Å². The SMILES string of the molecule is NC(=O)C1CCN(S(=O)(=O)c2ccnc(Cl)c2)C1. The van der Waals surface area contributed by atoms with Gasteiger partial charge >= 0.3 is 0 Å². The standard InChI is InChI=1S/C10H12ClN3O3S/c11-9-5-8(1-3-13-9)18(16,17)14-4-2-7(6-14)10(12)15/h1,3,5,7H,2,4,6H2,(H2,12,15). The molecule has 1 aliphatic rings. The molecule has 1 aliphatic heterocycles. The van der Waals surface area contributed by atoms with Crippen molar-refractivity contribution in [2.75, 3.05) is 13.1 Å². The molecule has 1 aromatic heterocycles. The van der Waals surface area contributed by atoms with Crippen LogP contribution in [0.1, 0.15) is 6.42 Å². The van der Waals surface area contributed by atoms with Gasteiger partial charge < -0.3 is 5.73 Å². The molecule has 0 radical (unpaired) electrons. The van der Waals surface area contributed by atoms with E-state index in [1.54, 1.807) is 0 Å². The highest BCUT2D eigenvalue weighted by Gasteiger charge is 2.34. The van der Waals surface area contributed by atoms with Crippen LogP contribution >= 0.6 is 11.6 Å². The lowest BCUT2D eigenvalue weighted by Gasteiger charge is -2.15. The van der Waals surface area contributed by atoms with Crippen LogP contribution in [-0.4, -0.2) is 36.7 Å². The fraction of sp³-hybridized carbons (Fsp3) is 0.400. The Morgan fingerprint density at radius 2 is 2.28 bits per heavy atom. The number of hydrogen-bond donors (Lipinski definition) is 1. The number of nitrogens with two attached hydrogens (primary N) is 1. The van der Waals surface area contributed by atoms with Crippen molar-refractivity contribution < 1.29 is 13.2 Å². The van der Waals surface area contributed by atoms with E-state index in [9.17, 15) is 13.2 Å². The Bertz CT molecular complexity index is 575. The molecule has 2 rings (SSSR count). The van der Waals surface area contributed by atoms with Crippen LogP contribution in [0.3, 0.4) is 0 Å². The Morgan fingerprint density at radius 3 is 2.83 bits per heavy atom. The van der Waals surface area contributed by atoms with E-state index in [0.717, 1.165) is 0 Å². The van der Waals surface area contributed by atoms with Crippen molar-refractivity contribution in [1.29, 1.82) is 0 Å². The van der Waals surface area contributed by atoms with Crippen molar-refractivity contribution in [2.45, 2.75) is 11.3 Å². The Kier molecular flexibility index (Phi) is 3.56. The van der Waals surface area contributed by atoms with Gasteiger partial charge in [0, 0.05) is 19.3 Å². The van der Waals surface area contributed by atoms with Crippen LogP contribution in [-0.2, 0) is 14.8 Å². The number of hydrogen-bond acceptors (Lipinski definition) is 4. The summed E-state index contributed by atoms with van der Waals surface area (Å²) in [4.78, 5) is 14.8. The molecule has 18 heavy (non-hydrogen) atoms. The zero-order valence-electron chi connectivity index (χ0n) is 9.41. The first-order valence-electron chi connectivity index (χ1n) is 5.32. The van der Waals surface area contributed by atoms with E-state index < -0.39 is 21.8 Å². The van der Waals surface area contributed by atoms with Crippen LogP contribution in [0.15, 0.2) is 23.2 Å². The van der Waals surface area contributed by atoms with E-state index in [0.29, 0.717) is 6.42 Å². The summed E-state index contributed by atoms with van der Waals surface area (Å²) >= 11 is 5.67. The number of halogens is 1. The molecule has 0 aliphatic carbocycles. The Morgan fingerprint density at radius 1 is 1.56 bits per heavy atom. The number of pyridine rings is 1. The van der Waals surface area contributed by atoms with Crippen LogP contribution in [0.2, 0.25) is 5.15 Å². The van der Waals surface area contributed by atoms with Crippen molar-refractivity contribution in [3.8, 4) is 0 Å². The molecule has 98 valence electrons.